The van der Waals surface area contributed by atoms with Gasteiger partial charge in [-0.15, -0.1) is 11.3 Å². The number of rotatable bonds is 7. The Hall–Kier alpha value is -1.30. The van der Waals surface area contributed by atoms with Gasteiger partial charge in [-0.25, -0.2) is 4.98 Å². The molecule has 2 aromatic heterocycles. The number of aromatic amines is 1. The van der Waals surface area contributed by atoms with Gasteiger partial charge in [0.25, 0.3) is 0 Å². The molecule has 0 aliphatic carbocycles. The van der Waals surface area contributed by atoms with Gasteiger partial charge in [-0.3, -0.25) is 0 Å². The van der Waals surface area contributed by atoms with Crippen LogP contribution in [-0.4, -0.2) is 28.8 Å². The highest BCUT2D eigenvalue weighted by Gasteiger charge is 2.03. The molecule has 0 radical (unpaired) electrons. The summed E-state index contributed by atoms with van der Waals surface area (Å²) in [6.07, 6.45) is 1.12. The third-order valence-electron chi connectivity index (χ3n) is 3.26. The maximum Gasteiger partial charge on any atom is 0.166 e. The van der Waals surface area contributed by atoms with Crippen LogP contribution in [0.2, 0.25) is 0 Å². The lowest BCUT2D eigenvalue weighted by molar-refractivity contribution is 0.725. The van der Waals surface area contributed by atoms with E-state index in [1.165, 1.54) is 10.4 Å². The molecule has 0 saturated carbocycles. The van der Waals surface area contributed by atoms with Gasteiger partial charge in [0.1, 0.15) is 0 Å². The number of fused-ring (bicyclic) bond motifs is 1. The minimum atomic E-state index is 1.01. The van der Waals surface area contributed by atoms with Gasteiger partial charge in [-0.05, 0) is 49.0 Å². The number of benzene rings is 1. The summed E-state index contributed by atoms with van der Waals surface area (Å²) in [6, 6.07) is 10.6. The number of nitrogens with one attached hydrogen (secondary N) is 2. The van der Waals surface area contributed by atoms with Crippen LogP contribution in [-0.2, 0) is 6.42 Å². The third kappa shape index (κ3) is 4.09. The molecule has 0 amide bonds. The monoisotopic (exact) mass is 317 g/mol. The molecular formula is C16H19N3S2. The van der Waals surface area contributed by atoms with Crippen LogP contribution in [0.25, 0.3) is 11.0 Å². The number of thioether (sulfide) groups is 1. The van der Waals surface area contributed by atoms with E-state index in [1.807, 2.05) is 11.3 Å². The second-order valence-corrected chi connectivity index (χ2v) is 7.11. The van der Waals surface area contributed by atoms with Crippen molar-refractivity contribution in [3.05, 3.63) is 46.2 Å². The Balaban J connectivity index is 1.40. The van der Waals surface area contributed by atoms with Crippen molar-refractivity contribution >= 4 is 34.1 Å². The van der Waals surface area contributed by atoms with Crippen LogP contribution in [0.15, 0.2) is 40.9 Å². The summed E-state index contributed by atoms with van der Waals surface area (Å²) < 4.78 is 0. The standard InChI is InChI=1S/C16H19N3S2/c1-12-4-5-14-15(11-12)19-16(18-14)21-10-8-17-7-6-13-3-2-9-20-13/h2-5,9,11,17H,6-8,10H2,1H3,(H,18,19). The van der Waals surface area contributed by atoms with Gasteiger partial charge >= 0.3 is 0 Å². The zero-order valence-electron chi connectivity index (χ0n) is 12.1. The lowest BCUT2D eigenvalue weighted by Gasteiger charge is -2.02. The molecule has 2 N–H and O–H groups in total. The Kier molecular flexibility index (Phi) is 4.95. The molecule has 3 nitrogen and oxygen atoms in total. The van der Waals surface area contributed by atoms with Gasteiger partial charge in [0.15, 0.2) is 5.16 Å². The average Bonchev–Trinajstić information content (AvgIpc) is 3.11. The van der Waals surface area contributed by atoms with Crippen molar-refractivity contribution < 1.29 is 0 Å². The van der Waals surface area contributed by atoms with Crippen LogP contribution < -0.4 is 5.32 Å². The molecule has 2 heterocycles. The summed E-state index contributed by atoms with van der Waals surface area (Å²) >= 11 is 3.60. The Morgan fingerprint density at radius 1 is 1.29 bits per heavy atom. The van der Waals surface area contributed by atoms with Gasteiger partial charge < -0.3 is 10.3 Å². The SMILES string of the molecule is Cc1ccc2nc(SCCNCCc3cccs3)[nH]c2c1. The average molecular weight is 317 g/mol. The van der Waals surface area contributed by atoms with Gasteiger partial charge in [-0.1, -0.05) is 23.9 Å². The van der Waals surface area contributed by atoms with Crippen molar-refractivity contribution in [2.45, 2.75) is 18.5 Å². The van der Waals surface area contributed by atoms with E-state index in [9.17, 15) is 0 Å². The predicted octanol–water partition coefficient (Wildman–Crippen LogP) is 3.86. The van der Waals surface area contributed by atoms with Gasteiger partial charge in [0.05, 0.1) is 11.0 Å². The van der Waals surface area contributed by atoms with Crippen LogP contribution in [0.4, 0.5) is 0 Å². The number of imidazole rings is 1. The lowest BCUT2D eigenvalue weighted by Crippen LogP contribution is -2.19. The van der Waals surface area contributed by atoms with E-state index in [4.69, 9.17) is 0 Å². The molecule has 3 aromatic rings. The molecule has 0 saturated heterocycles. The van der Waals surface area contributed by atoms with E-state index in [0.717, 1.165) is 41.5 Å². The Bertz CT molecular complexity index is 689. The first-order chi connectivity index (χ1) is 10.3. The molecule has 3 rings (SSSR count). The van der Waals surface area contributed by atoms with E-state index in [-0.39, 0.29) is 0 Å². The maximum atomic E-state index is 4.59. The molecule has 0 unspecified atom stereocenters. The Morgan fingerprint density at radius 2 is 2.24 bits per heavy atom. The van der Waals surface area contributed by atoms with E-state index >= 15 is 0 Å². The first-order valence-corrected chi connectivity index (χ1v) is 9.00. The number of hydrogen-bond acceptors (Lipinski definition) is 4. The fourth-order valence-electron chi connectivity index (χ4n) is 2.18. The highest BCUT2D eigenvalue weighted by atomic mass is 32.2. The number of hydrogen-bond donors (Lipinski definition) is 2. The highest BCUT2D eigenvalue weighted by Crippen LogP contribution is 2.19. The molecule has 0 fully saturated rings. The third-order valence-corrected chi connectivity index (χ3v) is 5.07. The van der Waals surface area contributed by atoms with Gasteiger partial charge in [0, 0.05) is 17.2 Å². The minimum absolute atomic E-state index is 1.01. The summed E-state index contributed by atoms with van der Waals surface area (Å²) in [4.78, 5) is 9.42. The summed E-state index contributed by atoms with van der Waals surface area (Å²) in [5, 5.41) is 6.62. The molecule has 21 heavy (non-hydrogen) atoms. The van der Waals surface area contributed by atoms with Gasteiger partial charge in [0.2, 0.25) is 0 Å². The van der Waals surface area contributed by atoms with E-state index in [0.29, 0.717) is 0 Å². The normalized spacial score (nSPS) is 11.3. The number of aryl methyl sites for hydroxylation is 1. The number of nitrogens with zero attached hydrogens (tertiary/aromatic N) is 1. The van der Waals surface area contributed by atoms with Crippen molar-refractivity contribution in [3.63, 3.8) is 0 Å². The van der Waals surface area contributed by atoms with Gasteiger partial charge in [-0.2, -0.15) is 0 Å². The highest BCUT2D eigenvalue weighted by molar-refractivity contribution is 7.99. The fraction of sp³-hybridized carbons (Fsp3) is 0.312. The fourth-order valence-corrected chi connectivity index (χ4v) is 3.67. The van der Waals surface area contributed by atoms with E-state index in [1.54, 1.807) is 11.8 Å². The van der Waals surface area contributed by atoms with Crippen LogP contribution in [0, 0.1) is 6.92 Å². The molecule has 0 aliphatic rings. The lowest BCUT2D eigenvalue weighted by atomic mass is 10.2. The first kappa shape index (κ1) is 14.6. The topological polar surface area (TPSA) is 40.7 Å². The molecule has 5 heteroatoms. The quantitative estimate of drug-likeness (QED) is 0.513. The number of thiophene rings is 1. The van der Waals surface area contributed by atoms with E-state index in [2.05, 4.69) is 57.9 Å². The molecule has 0 atom stereocenters. The smallest absolute Gasteiger partial charge is 0.166 e. The second-order valence-electron chi connectivity index (χ2n) is 4.99. The largest absolute Gasteiger partial charge is 0.333 e. The zero-order valence-corrected chi connectivity index (χ0v) is 13.7. The zero-order chi connectivity index (χ0) is 14.5. The van der Waals surface area contributed by atoms with Crippen molar-refractivity contribution in [2.75, 3.05) is 18.8 Å². The minimum Gasteiger partial charge on any atom is -0.333 e. The number of H-pyrrole nitrogens is 1. The Morgan fingerprint density at radius 3 is 3.10 bits per heavy atom. The van der Waals surface area contributed by atoms with Crippen molar-refractivity contribution in [1.29, 1.82) is 0 Å². The molecule has 110 valence electrons. The molecule has 1 aromatic carbocycles. The Labute approximate surface area is 133 Å². The number of aromatic nitrogens is 2. The molecule has 0 aliphatic heterocycles. The first-order valence-electron chi connectivity index (χ1n) is 7.13. The second kappa shape index (κ2) is 7.11. The van der Waals surface area contributed by atoms with Crippen LogP contribution in [0.1, 0.15) is 10.4 Å². The maximum absolute atomic E-state index is 4.59. The van der Waals surface area contributed by atoms with Crippen LogP contribution in [0.3, 0.4) is 0 Å². The summed E-state index contributed by atoms with van der Waals surface area (Å²) in [5.74, 6) is 1.03. The van der Waals surface area contributed by atoms with Crippen LogP contribution >= 0.6 is 23.1 Å². The van der Waals surface area contributed by atoms with E-state index < -0.39 is 0 Å². The molecule has 0 bridgehead atoms. The van der Waals surface area contributed by atoms with Crippen LogP contribution in [0.5, 0.6) is 0 Å². The van der Waals surface area contributed by atoms with Crippen molar-refractivity contribution in [2.24, 2.45) is 0 Å². The summed E-state index contributed by atoms with van der Waals surface area (Å²) in [5.41, 5.74) is 3.44. The van der Waals surface area contributed by atoms with Crippen molar-refractivity contribution in [3.8, 4) is 0 Å². The molecular weight excluding hydrogens is 298 g/mol. The predicted molar refractivity (Wildman–Crippen MR) is 92.4 cm³/mol. The van der Waals surface area contributed by atoms with Crippen molar-refractivity contribution in [1.82, 2.24) is 15.3 Å². The summed E-state index contributed by atoms with van der Waals surface area (Å²) in [6.45, 7) is 4.15. The summed E-state index contributed by atoms with van der Waals surface area (Å²) in [7, 11) is 0. The molecule has 0 spiro atoms.